The summed E-state index contributed by atoms with van der Waals surface area (Å²) in [7, 11) is -3.51. The van der Waals surface area contributed by atoms with Gasteiger partial charge in [0.05, 0.1) is 10.6 Å². The molecular weight excluding hydrogens is 402 g/mol. The van der Waals surface area contributed by atoms with Crippen molar-refractivity contribution in [2.45, 2.75) is 11.3 Å². The number of hydrogen-bond acceptors (Lipinski definition) is 3. The predicted octanol–water partition coefficient (Wildman–Crippen LogP) is 4.40. The zero-order valence-electron chi connectivity index (χ0n) is 13.3. The molecule has 6 heteroatoms. The third-order valence-corrected chi connectivity index (χ3v) is 6.05. The fourth-order valence-electron chi connectivity index (χ4n) is 2.46. The van der Waals surface area contributed by atoms with Crippen LogP contribution < -0.4 is 5.32 Å². The Morgan fingerprint density at radius 1 is 0.920 bits per heavy atom. The molecule has 0 bridgehead atoms. The largest absolute Gasteiger partial charge is 0.326 e. The van der Waals surface area contributed by atoms with Crippen LogP contribution in [-0.4, -0.2) is 20.1 Å². The molecule has 0 aromatic heterocycles. The zero-order chi connectivity index (χ0) is 17.9. The third-order valence-electron chi connectivity index (χ3n) is 3.81. The predicted molar refractivity (Wildman–Crippen MR) is 103 cm³/mol. The summed E-state index contributed by atoms with van der Waals surface area (Å²) in [6.45, 7) is 0. The Labute approximate surface area is 154 Å². The van der Waals surface area contributed by atoms with Crippen molar-refractivity contribution < 1.29 is 13.2 Å². The number of rotatable bonds is 5. The van der Waals surface area contributed by atoms with Gasteiger partial charge in [-0.3, -0.25) is 4.79 Å². The SMILES string of the molecule is O=C(CCS(=O)(=O)c1ccc2ccccc2c1)Nc1ccc(Br)cc1. The summed E-state index contributed by atoms with van der Waals surface area (Å²) in [4.78, 5) is 12.2. The maximum atomic E-state index is 12.5. The van der Waals surface area contributed by atoms with Crippen molar-refractivity contribution in [1.82, 2.24) is 0 Å². The van der Waals surface area contributed by atoms with Gasteiger partial charge in [-0.05, 0) is 47.2 Å². The van der Waals surface area contributed by atoms with E-state index >= 15 is 0 Å². The fourth-order valence-corrected chi connectivity index (χ4v) is 4.00. The molecule has 3 rings (SSSR count). The smallest absolute Gasteiger partial charge is 0.225 e. The van der Waals surface area contributed by atoms with Crippen molar-refractivity contribution in [3.63, 3.8) is 0 Å². The molecule has 1 N–H and O–H groups in total. The molecule has 0 unspecified atom stereocenters. The summed E-state index contributed by atoms with van der Waals surface area (Å²) in [5, 5.41) is 4.54. The third kappa shape index (κ3) is 4.46. The number of carbonyl (C=O) groups excluding carboxylic acids is 1. The number of nitrogens with one attached hydrogen (secondary N) is 1. The number of halogens is 1. The fraction of sp³-hybridized carbons (Fsp3) is 0.105. The van der Waals surface area contributed by atoms with Gasteiger partial charge in [0, 0.05) is 16.6 Å². The molecule has 0 radical (unpaired) electrons. The first-order valence-corrected chi connectivity index (χ1v) is 10.2. The van der Waals surface area contributed by atoms with Crippen molar-refractivity contribution in [1.29, 1.82) is 0 Å². The maximum Gasteiger partial charge on any atom is 0.225 e. The lowest BCUT2D eigenvalue weighted by molar-refractivity contribution is -0.115. The average Bonchev–Trinajstić information content (AvgIpc) is 2.62. The van der Waals surface area contributed by atoms with E-state index in [-0.39, 0.29) is 23.0 Å². The zero-order valence-corrected chi connectivity index (χ0v) is 15.7. The lowest BCUT2D eigenvalue weighted by atomic mass is 10.1. The second-order valence-corrected chi connectivity index (χ2v) is 8.66. The van der Waals surface area contributed by atoms with E-state index in [2.05, 4.69) is 21.2 Å². The topological polar surface area (TPSA) is 63.2 Å². The number of fused-ring (bicyclic) bond motifs is 1. The summed E-state index contributed by atoms with van der Waals surface area (Å²) >= 11 is 3.32. The summed E-state index contributed by atoms with van der Waals surface area (Å²) in [6.07, 6.45) is -0.0920. The Kier molecular flexibility index (Phi) is 5.20. The average molecular weight is 418 g/mol. The number of amides is 1. The van der Waals surface area contributed by atoms with Crippen LogP contribution in [0, 0.1) is 0 Å². The Bertz CT molecular complexity index is 1010. The van der Waals surface area contributed by atoms with Gasteiger partial charge in [0.2, 0.25) is 5.91 Å². The quantitative estimate of drug-likeness (QED) is 0.668. The molecule has 0 aliphatic carbocycles. The van der Waals surface area contributed by atoms with Crippen LogP contribution in [0.2, 0.25) is 0 Å². The maximum absolute atomic E-state index is 12.5. The Balaban J connectivity index is 1.68. The summed E-state index contributed by atoms with van der Waals surface area (Å²) in [5.41, 5.74) is 0.635. The van der Waals surface area contributed by atoms with Crippen LogP contribution in [0.3, 0.4) is 0 Å². The second kappa shape index (κ2) is 7.37. The first-order valence-electron chi connectivity index (χ1n) is 7.71. The summed E-state index contributed by atoms with van der Waals surface area (Å²) in [5.74, 6) is -0.556. The number of benzene rings is 3. The lowest BCUT2D eigenvalue weighted by Crippen LogP contribution is -2.17. The highest BCUT2D eigenvalue weighted by atomic mass is 79.9. The number of hydrogen-bond donors (Lipinski definition) is 1. The first kappa shape index (κ1) is 17.6. The molecule has 0 fully saturated rings. The minimum Gasteiger partial charge on any atom is -0.326 e. The van der Waals surface area contributed by atoms with Gasteiger partial charge in [-0.15, -0.1) is 0 Å². The lowest BCUT2D eigenvalue weighted by Gasteiger charge is -2.07. The highest BCUT2D eigenvalue weighted by Crippen LogP contribution is 2.20. The molecule has 0 atom stereocenters. The molecule has 0 saturated carbocycles. The van der Waals surface area contributed by atoms with Crippen LogP contribution >= 0.6 is 15.9 Å². The van der Waals surface area contributed by atoms with Crippen molar-refractivity contribution in [2.24, 2.45) is 0 Å². The Morgan fingerprint density at radius 3 is 2.32 bits per heavy atom. The van der Waals surface area contributed by atoms with Gasteiger partial charge in [-0.1, -0.05) is 46.3 Å². The van der Waals surface area contributed by atoms with Crippen molar-refractivity contribution in [3.8, 4) is 0 Å². The molecule has 4 nitrogen and oxygen atoms in total. The molecule has 128 valence electrons. The standard InChI is InChI=1S/C19H16BrNO3S/c20-16-6-8-17(9-7-16)21-19(22)11-12-25(23,24)18-10-5-14-3-1-2-4-15(14)13-18/h1-10,13H,11-12H2,(H,21,22). The highest BCUT2D eigenvalue weighted by Gasteiger charge is 2.17. The van der Waals surface area contributed by atoms with Crippen molar-refractivity contribution >= 4 is 48.1 Å². The van der Waals surface area contributed by atoms with Crippen LogP contribution in [0.4, 0.5) is 5.69 Å². The minimum absolute atomic E-state index is 0.0920. The van der Waals surface area contributed by atoms with Gasteiger partial charge < -0.3 is 5.32 Å². The summed E-state index contributed by atoms with van der Waals surface area (Å²) < 4.78 is 25.9. The van der Waals surface area contributed by atoms with Crippen molar-refractivity contribution in [3.05, 3.63) is 71.2 Å². The van der Waals surface area contributed by atoms with Gasteiger partial charge in [-0.2, -0.15) is 0 Å². The Morgan fingerprint density at radius 2 is 1.60 bits per heavy atom. The molecule has 3 aromatic rings. The van der Waals surface area contributed by atoms with E-state index < -0.39 is 9.84 Å². The molecule has 0 saturated heterocycles. The van der Waals surface area contributed by atoms with Gasteiger partial charge in [0.1, 0.15) is 0 Å². The van der Waals surface area contributed by atoms with E-state index in [0.29, 0.717) is 5.69 Å². The van der Waals surface area contributed by atoms with Gasteiger partial charge in [0.25, 0.3) is 0 Å². The van der Waals surface area contributed by atoms with Crippen LogP contribution in [0.1, 0.15) is 6.42 Å². The normalized spacial score (nSPS) is 11.4. The monoisotopic (exact) mass is 417 g/mol. The van der Waals surface area contributed by atoms with Gasteiger partial charge in [-0.25, -0.2) is 8.42 Å². The van der Waals surface area contributed by atoms with Gasteiger partial charge in [0.15, 0.2) is 9.84 Å². The molecule has 3 aromatic carbocycles. The van der Waals surface area contributed by atoms with E-state index in [4.69, 9.17) is 0 Å². The van der Waals surface area contributed by atoms with E-state index in [1.54, 1.807) is 42.5 Å². The molecule has 0 heterocycles. The minimum atomic E-state index is -3.51. The number of anilines is 1. The van der Waals surface area contributed by atoms with E-state index in [0.717, 1.165) is 15.2 Å². The molecule has 25 heavy (non-hydrogen) atoms. The second-order valence-electron chi connectivity index (χ2n) is 5.63. The number of carbonyl (C=O) groups is 1. The van der Waals surface area contributed by atoms with Crippen LogP contribution in [-0.2, 0) is 14.6 Å². The Hall–Kier alpha value is -2.18. The van der Waals surface area contributed by atoms with Crippen LogP contribution in [0.5, 0.6) is 0 Å². The van der Waals surface area contributed by atoms with Crippen molar-refractivity contribution in [2.75, 3.05) is 11.1 Å². The molecule has 0 aliphatic heterocycles. The molecular formula is C19H16BrNO3S. The summed E-state index contributed by atoms with van der Waals surface area (Å²) in [6, 6.07) is 19.7. The van der Waals surface area contributed by atoms with Crippen LogP contribution in [0.15, 0.2) is 76.1 Å². The number of sulfone groups is 1. The van der Waals surface area contributed by atoms with Crippen LogP contribution in [0.25, 0.3) is 10.8 Å². The molecule has 0 spiro atoms. The van der Waals surface area contributed by atoms with E-state index in [9.17, 15) is 13.2 Å². The molecule has 0 aliphatic rings. The van der Waals surface area contributed by atoms with E-state index in [1.807, 2.05) is 24.3 Å². The highest BCUT2D eigenvalue weighted by molar-refractivity contribution is 9.10. The molecule has 1 amide bonds. The van der Waals surface area contributed by atoms with E-state index in [1.165, 1.54) is 0 Å². The van der Waals surface area contributed by atoms with Gasteiger partial charge >= 0.3 is 0 Å². The first-order chi connectivity index (χ1) is 11.9.